The van der Waals surface area contributed by atoms with Crippen molar-refractivity contribution in [1.29, 1.82) is 0 Å². The van der Waals surface area contributed by atoms with Crippen LogP contribution in [0.1, 0.15) is 38.2 Å². The van der Waals surface area contributed by atoms with E-state index >= 15 is 0 Å². The molecule has 134 valence electrons. The first-order chi connectivity index (χ1) is 12.9. The van der Waals surface area contributed by atoms with E-state index in [4.69, 9.17) is 4.52 Å². The molecule has 3 rings (SSSR count). The van der Waals surface area contributed by atoms with Gasteiger partial charge in [0, 0.05) is 10.6 Å². The molecule has 0 aliphatic carbocycles. The van der Waals surface area contributed by atoms with Gasteiger partial charge in [0.2, 0.25) is 0 Å². The largest absolute Gasteiger partial charge is 0.464 e. The van der Waals surface area contributed by atoms with E-state index in [1.807, 2.05) is 0 Å². The SMILES string of the molecule is CCCCCCc1ccccc1OP(c1ccccc1)c1ccccc1. The molecule has 3 aromatic carbocycles. The molecule has 0 unspecified atom stereocenters. The van der Waals surface area contributed by atoms with Crippen LogP contribution in [0.3, 0.4) is 0 Å². The fourth-order valence-electron chi connectivity index (χ4n) is 3.02. The molecule has 0 spiro atoms. The molecule has 0 radical (unpaired) electrons. The van der Waals surface area contributed by atoms with E-state index in [9.17, 15) is 0 Å². The van der Waals surface area contributed by atoms with Gasteiger partial charge >= 0.3 is 0 Å². The number of hydrogen-bond donors (Lipinski definition) is 0. The van der Waals surface area contributed by atoms with Crippen LogP contribution in [-0.2, 0) is 6.42 Å². The summed E-state index contributed by atoms with van der Waals surface area (Å²) in [6.07, 6.45) is 6.18. The van der Waals surface area contributed by atoms with E-state index in [1.54, 1.807) is 0 Å². The Morgan fingerprint density at radius 2 is 1.23 bits per heavy atom. The monoisotopic (exact) mass is 362 g/mol. The van der Waals surface area contributed by atoms with E-state index in [0.29, 0.717) is 0 Å². The maximum absolute atomic E-state index is 6.64. The molecule has 0 amide bonds. The third-order valence-corrected chi connectivity index (χ3v) is 6.36. The molecule has 0 fully saturated rings. The van der Waals surface area contributed by atoms with Gasteiger partial charge < -0.3 is 4.52 Å². The third-order valence-electron chi connectivity index (χ3n) is 4.44. The van der Waals surface area contributed by atoms with Crippen LogP contribution in [0.4, 0.5) is 0 Å². The summed E-state index contributed by atoms with van der Waals surface area (Å²) in [5, 5.41) is 2.49. The van der Waals surface area contributed by atoms with Crippen LogP contribution in [0.15, 0.2) is 84.9 Å². The van der Waals surface area contributed by atoms with Gasteiger partial charge in [-0.15, -0.1) is 0 Å². The summed E-state index contributed by atoms with van der Waals surface area (Å²) in [5.74, 6) is 1.03. The normalized spacial score (nSPS) is 10.8. The first-order valence-corrected chi connectivity index (χ1v) is 10.8. The second-order valence-electron chi connectivity index (χ2n) is 6.48. The Kier molecular flexibility index (Phi) is 7.28. The number of benzene rings is 3. The second-order valence-corrected chi connectivity index (χ2v) is 8.28. The van der Waals surface area contributed by atoms with Crippen molar-refractivity contribution in [3.05, 3.63) is 90.5 Å². The standard InChI is InChI=1S/C24H27OP/c1-2-3-4-7-14-21-15-12-13-20-24(21)25-26(22-16-8-5-9-17-22)23-18-10-6-11-19-23/h5-6,8-13,15-20H,2-4,7,14H2,1H3. The molecule has 0 saturated heterocycles. The molecule has 0 aliphatic rings. The predicted octanol–water partition coefficient (Wildman–Crippen LogP) is 6.24. The van der Waals surface area contributed by atoms with Gasteiger partial charge in [-0.1, -0.05) is 105 Å². The molecule has 0 aliphatic heterocycles. The Morgan fingerprint density at radius 1 is 0.654 bits per heavy atom. The van der Waals surface area contributed by atoms with Gasteiger partial charge in [-0.2, -0.15) is 0 Å². The van der Waals surface area contributed by atoms with Crippen molar-refractivity contribution >= 4 is 18.8 Å². The van der Waals surface area contributed by atoms with Crippen LogP contribution in [0.5, 0.6) is 5.75 Å². The van der Waals surface area contributed by atoms with Gasteiger partial charge in [0.15, 0.2) is 8.15 Å². The molecule has 1 nitrogen and oxygen atoms in total. The zero-order valence-corrected chi connectivity index (χ0v) is 16.4. The lowest BCUT2D eigenvalue weighted by molar-refractivity contribution is 0.605. The molecular formula is C24H27OP. The highest BCUT2D eigenvalue weighted by molar-refractivity contribution is 7.68. The topological polar surface area (TPSA) is 9.23 Å². The zero-order valence-electron chi connectivity index (χ0n) is 15.5. The van der Waals surface area contributed by atoms with E-state index in [1.165, 1.54) is 41.9 Å². The van der Waals surface area contributed by atoms with Crippen LogP contribution < -0.4 is 15.1 Å². The van der Waals surface area contributed by atoms with E-state index in [-0.39, 0.29) is 0 Å². The molecule has 0 atom stereocenters. The minimum atomic E-state index is -0.865. The first kappa shape index (κ1) is 18.7. The average molecular weight is 362 g/mol. The summed E-state index contributed by atoms with van der Waals surface area (Å²) in [6, 6.07) is 29.7. The van der Waals surface area contributed by atoms with Crippen molar-refractivity contribution in [2.75, 3.05) is 0 Å². The van der Waals surface area contributed by atoms with Crippen LogP contribution in [0, 0.1) is 0 Å². The zero-order chi connectivity index (χ0) is 18.0. The summed E-state index contributed by atoms with van der Waals surface area (Å²) >= 11 is 0. The maximum atomic E-state index is 6.64. The highest BCUT2D eigenvalue weighted by Crippen LogP contribution is 2.38. The van der Waals surface area contributed by atoms with E-state index in [2.05, 4.69) is 91.9 Å². The number of para-hydroxylation sites is 1. The third kappa shape index (κ3) is 5.19. The number of unbranched alkanes of at least 4 members (excludes halogenated alkanes) is 3. The smallest absolute Gasteiger partial charge is 0.150 e. The van der Waals surface area contributed by atoms with E-state index < -0.39 is 8.15 Å². The fraction of sp³-hybridized carbons (Fsp3) is 0.250. The lowest BCUT2D eigenvalue weighted by Crippen LogP contribution is -2.15. The summed E-state index contributed by atoms with van der Waals surface area (Å²) in [4.78, 5) is 0. The highest BCUT2D eigenvalue weighted by Gasteiger charge is 2.18. The van der Waals surface area contributed by atoms with Crippen LogP contribution in [-0.4, -0.2) is 0 Å². The lowest BCUT2D eigenvalue weighted by atomic mass is 10.1. The van der Waals surface area contributed by atoms with Gasteiger partial charge in [-0.3, -0.25) is 0 Å². The molecule has 0 bridgehead atoms. The van der Waals surface area contributed by atoms with Gasteiger partial charge in [-0.25, -0.2) is 0 Å². The fourth-order valence-corrected chi connectivity index (χ4v) is 4.79. The van der Waals surface area contributed by atoms with Crippen molar-refractivity contribution < 1.29 is 4.52 Å². The Balaban J connectivity index is 1.84. The molecule has 2 heteroatoms. The Labute approximate surface area is 158 Å². The lowest BCUT2D eigenvalue weighted by Gasteiger charge is -2.21. The van der Waals surface area contributed by atoms with Gasteiger partial charge in [-0.05, 0) is 24.5 Å². The molecule has 0 saturated carbocycles. The minimum Gasteiger partial charge on any atom is -0.464 e. The van der Waals surface area contributed by atoms with Crippen molar-refractivity contribution in [2.45, 2.75) is 39.0 Å². The Morgan fingerprint density at radius 3 is 1.85 bits per heavy atom. The molecule has 0 N–H and O–H groups in total. The van der Waals surface area contributed by atoms with Crippen LogP contribution in [0.25, 0.3) is 0 Å². The average Bonchev–Trinajstić information content (AvgIpc) is 2.71. The molecule has 0 aromatic heterocycles. The van der Waals surface area contributed by atoms with Crippen molar-refractivity contribution in [2.24, 2.45) is 0 Å². The molecule has 26 heavy (non-hydrogen) atoms. The Hall–Kier alpha value is -2.11. The predicted molar refractivity (Wildman–Crippen MR) is 114 cm³/mol. The van der Waals surface area contributed by atoms with Crippen molar-refractivity contribution in [3.8, 4) is 5.75 Å². The molecule has 3 aromatic rings. The van der Waals surface area contributed by atoms with Gasteiger partial charge in [0.1, 0.15) is 5.75 Å². The molecular weight excluding hydrogens is 335 g/mol. The first-order valence-electron chi connectivity index (χ1n) is 9.54. The number of hydrogen-bond acceptors (Lipinski definition) is 1. The van der Waals surface area contributed by atoms with Crippen LogP contribution in [0.2, 0.25) is 0 Å². The van der Waals surface area contributed by atoms with Crippen molar-refractivity contribution in [3.63, 3.8) is 0 Å². The summed E-state index contributed by atoms with van der Waals surface area (Å²) in [7, 11) is -0.865. The summed E-state index contributed by atoms with van der Waals surface area (Å²) in [5.41, 5.74) is 1.32. The highest BCUT2D eigenvalue weighted by atomic mass is 31.1. The number of aryl methyl sites for hydroxylation is 1. The van der Waals surface area contributed by atoms with E-state index in [0.717, 1.165) is 12.2 Å². The summed E-state index contributed by atoms with van der Waals surface area (Å²) in [6.45, 7) is 2.25. The van der Waals surface area contributed by atoms with Crippen LogP contribution >= 0.6 is 8.15 Å². The maximum Gasteiger partial charge on any atom is 0.150 e. The van der Waals surface area contributed by atoms with Crippen molar-refractivity contribution in [1.82, 2.24) is 0 Å². The number of rotatable bonds is 9. The second kappa shape index (κ2) is 10.1. The van der Waals surface area contributed by atoms with Gasteiger partial charge in [0.25, 0.3) is 0 Å². The summed E-state index contributed by atoms with van der Waals surface area (Å²) < 4.78 is 6.64. The van der Waals surface area contributed by atoms with Gasteiger partial charge in [0.05, 0.1) is 0 Å². The molecule has 0 heterocycles. The minimum absolute atomic E-state index is 0.865. The quantitative estimate of drug-likeness (QED) is 0.323. The Bertz CT molecular complexity index is 731.